The van der Waals surface area contributed by atoms with Gasteiger partial charge in [0, 0.05) is 31.7 Å². The molecule has 30 heavy (non-hydrogen) atoms. The summed E-state index contributed by atoms with van der Waals surface area (Å²) in [6.45, 7) is 5.36. The van der Waals surface area contributed by atoms with Crippen molar-refractivity contribution in [3.63, 3.8) is 0 Å². The number of likely N-dealkylation sites (tertiary alicyclic amines) is 1. The predicted octanol–water partition coefficient (Wildman–Crippen LogP) is 3.65. The average molecular weight is 546 g/mol. The van der Waals surface area contributed by atoms with Gasteiger partial charge in [-0.3, -0.25) is 9.89 Å². The summed E-state index contributed by atoms with van der Waals surface area (Å²) in [7, 11) is 0. The van der Waals surface area contributed by atoms with Gasteiger partial charge in [0.2, 0.25) is 0 Å². The van der Waals surface area contributed by atoms with Crippen molar-refractivity contribution in [3.05, 3.63) is 35.6 Å². The fraction of sp³-hybridized carbons (Fsp3) is 0.650. The van der Waals surface area contributed by atoms with Gasteiger partial charge in [-0.05, 0) is 31.9 Å². The highest BCUT2D eigenvalue weighted by Crippen LogP contribution is 2.22. The number of guanidine groups is 1. The van der Waals surface area contributed by atoms with Crippen LogP contribution in [0, 0.1) is 11.7 Å². The first-order valence-corrected chi connectivity index (χ1v) is 9.98. The van der Waals surface area contributed by atoms with Crippen molar-refractivity contribution < 1.29 is 22.7 Å². The first-order valence-electron chi connectivity index (χ1n) is 9.98. The third-order valence-electron chi connectivity index (χ3n) is 4.96. The Balaban J connectivity index is 0.00000450. The monoisotopic (exact) mass is 546 g/mol. The zero-order valence-electron chi connectivity index (χ0n) is 17.3. The standard InChI is InChI=1S/C20H30F4N4O.HI/c1-3-25-19(26-11-18(29)16-7-5-6-8-17(16)21)28-10-9-15(13-28)12-27(4-2)14-20(22,23)24;/h5-8,15,18,29H,3-4,9-14H2,1-2H3,(H,25,26);1H. The topological polar surface area (TPSA) is 51.1 Å². The minimum absolute atomic E-state index is 0. The number of halogens is 5. The first kappa shape index (κ1) is 26.9. The quantitative estimate of drug-likeness (QED) is 0.226. The van der Waals surface area contributed by atoms with Crippen LogP contribution in [0.4, 0.5) is 17.6 Å². The van der Waals surface area contributed by atoms with Gasteiger partial charge in [-0.1, -0.05) is 25.1 Å². The molecule has 0 aliphatic carbocycles. The number of aliphatic hydroxyl groups is 1. The van der Waals surface area contributed by atoms with E-state index in [0.29, 0.717) is 38.7 Å². The van der Waals surface area contributed by atoms with Crippen molar-refractivity contribution in [1.82, 2.24) is 15.1 Å². The number of hydrogen-bond acceptors (Lipinski definition) is 3. The Bertz CT molecular complexity index is 674. The number of aliphatic imine (C=N–C) groups is 1. The molecule has 1 saturated heterocycles. The van der Waals surface area contributed by atoms with Crippen molar-refractivity contribution in [2.75, 3.05) is 45.8 Å². The van der Waals surface area contributed by atoms with Crippen LogP contribution in [-0.4, -0.2) is 72.9 Å². The molecule has 1 aromatic carbocycles. The van der Waals surface area contributed by atoms with Crippen molar-refractivity contribution >= 4 is 29.9 Å². The first-order chi connectivity index (χ1) is 13.7. The number of benzene rings is 1. The molecule has 1 aromatic rings. The maximum Gasteiger partial charge on any atom is 0.401 e. The molecular formula is C20H31F4IN4O. The van der Waals surface area contributed by atoms with E-state index in [4.69, 9.17) is 0 Å². The van der Waals surface area contributed by atoms with E-state index in [1.54, 1.807) is 19.1 Å². The van der Waals surface area contributed by atoms with Gasteiger partial charge in [0.05, 0.1) is 13.1 Å². The summed E-state index contributed by atoms with van der Waals surface area (Å²) >= 11 is 0. The van der Waals surface area contributed by atoms with E-state index in [9.17, 15) is 22.7 Å². The maximum atomic E-state index is 13.8. The molecule has 10 heteroatoms. The van der Waals surface area contributed by atoms with Crippen LogP contribution >= 0.6 is 24.0 Å². The lowest BCUT2D eigenvalue weighted by molar-refractivity contribution is -0.146. The fourth-order valence-electron chi connectivity index (χ4n) is 3.54. The molecule has 0 radical (unpaired) electrons. The van der Waals surface area contributed by atoms with Gasteiger partial charge >= 0.3 is 6.18 Å². The number of nitrogens with one attached hydrogen (secondary N) is 1. The highest BCUT2D eigenvalue weighted by Gasteiger charge is 2.33. The highest BCUT2D eigenvalue weighted by molar-refractivity contribution is 14.0. The zero-order chi connectivity index (χ0) is 21.4. The van der Waals surface area contributed by atoms with E-state index in [0.717, 1.165) is 6.42 Å². The molecule has 1 fully saturated rings. The van der Waals surface area contributed by atoms with Gasteiger partial charge in [0.15, 0.2) is 5.96 Å². The van der Waals surface area contributed by atoms with Gasteiger partial charge in [-0.2, -0.15) is 13.2 Å². The lowest BCUT2D eigenvalue weighted by Gasteiger charge is -2.26. The summed E-state index contributed by atoms with van der Waals surface area (Å²) in [6.07, 6.45) is -4.49. The smallest absolute Gasteiger partial charge is 0.386 e. The normalized spacial score (nSPS) is 18.5. The van der Waals surface area contributed by atoms with Crippen LogP contribution in [0.25, 0.3) is 0 Å². The van der Waals surface area contributed by atoms with Crippen LogP contribution in [0.3, 0.4) is 0 Å². The minimum atomic E-state index is -4.20. The summed E-state index contributed by atoms with van der Waals surface area (Å²) < 4.78 is 51.9. The van der Waals surface area contributed by atoms with Crippen LogP contribution in [0.5, 0.6) is 0 Å². The second kappa shape index (κ2) is 12.7. The molecule has 0 saturated carbocycles. The molecule has 1 heterocycles. The molecule has 2 rings (SSSR count). The van der Waals surface area contributed by atoms with Crippen LogP contribution in [0.1, 0.15) is 31.9 Å². The zero-order valence-corrected chi connectivity index (χ0v) is 19.7. The third kappa shape index (κ3) is 8.54. The van der Waals surface area contributed by atoms with E-state index in [2.05, 4.69) is 10.3 Å². The number of hydrogen-bond donors (Lipinski definition) is 2. The molecule has 0 aromatic heterocycles. The van der Waals surface area contributed by atoms with E-state index < -0.39 is 24.6 Å². The summed E-state index contributed by atoms with van der Waals surface area (Å²) in [5.41, 5.74) is 0.192. The molecule has 0 spiro atoms. The summed E-state index contributed by atoms with van der Waals surface area (Å²) in [6, 6.07) is 6.02. The predicted molar refractivity (Wildman–Crippen MR) is 121 cm³/mol. The van der Waals surface area contributed by atoms with Crippen molar-refractivity contribution in [1.29, 1.82) is 0 Å². The molecule has 2 N–H and O–H groups in total. The Kier molecular flexibility index (Phi) is 11.3. The molecule has 2 atom stereocenters. The van der Waals surface area contributed by atoms with Gasteiger partial charge in [0.1, 0.15) is 11.9 Å². The van der Waals surface area contributed by atoms with Crippen molar-refractivity contribution in [2.24, 2.45) is 10.9 Å². The SMILES string of the molecule is CCNC(=NCC(O)c1ccccc1F)N1CCC(CN(CC)CC(F)(F)F)C1.I. The van der Waals surface area contributed by atoms with Crippen LogP contribution < -0.4 is 5.32 Å². The second-order valence-electron chi connectivity index (χ2n) is 7.28. The Hall–Kier alpha value is -1.14. The number of nitrogens with zero attached hydrogens (tertiary/aromatic N) is 3. The van der Waals surface area contributed by atoms with Gasteiger partial charge in [-0.15, -0.1) is 24.0 Å². The largest absolute Gasteiger partial charge is 0.401 e. The third-order valence-corrected chi connectivity index (χ3v) is 4.96. The Morgan fingerprint density at radius 2 is 2.03 bits per heavy atom. The van der Waals surface area contributed by atoms with E-state index >= 15 is 0 Å². The Morgan fingerprint density at radius 3 is 2.63 bits per heavy atom. The fourth-order valence-corrected chi connectivity index (χ4v) is 3.54. The highest BCUT2D eigenvalue weighted by atomic mass is 127. The number of aliphatic hydroxyl groups excluding tert-OH is 1. The second-order valence-corrected chi connectivity index (χ2v) is 7.28. The van der Waals surface area contributed by atoms with Crippen LogP contribution in [-0.2, 0) is 0 Å². The van der Waals surface area contributed by atoms with Crippen molar-refractivity contribution in [2.45, 2.75) is 32.5 Å². The molecular weight excluding hydrogens is 515 g/mol. The number of alkyl halides is 3. The molecule has 1 aliphatic rings. The molecule has 1 aliphatic heterocycles. The van der Waals surface area contributed by atoms with Crippen LogP contribution in [0.15, 0.2) is 29.3 Å². The molecule has 0 amide bonds. The maximum absolute atomic E-state index is 13.8. The lowest BCUT2D eigenvalue weighted by Crippen LogP contribution is -2.42. The van der Waals surface area contributed by atoms with Gasteiger partial charge in [0.25, 0.3) is 0 Å². The minimum Gasteiger partial charge on any atom is -0.386 e. The Morgan fingerprint density at radius 1 is 1.33 bits per heavy atom. The van der Waals surface area contributed by atoms with Crippen LogP contribution in [0.2, 0.25) is 0 Å². The van der Waals surface area contributed by atoms with E-state index in [1.165, 1.54) is 17.0 Å². The van der Waals surface area contributed by atoms with Crippen molar-refractivity contribution in [3.8, 4) is 0 Å². The van der Waals surface area contributed by atoms with E-state index in [-0.39, 0.29) is 42.0 Å². The Labute approximate surface area is 192 Å². The molecule has 2 unspecified atom stereocenters. The number of rotatable bonds is 8. The summed E-state index contributed by atoms with van der Waals surface area (Å²) in [5, 5.41) is 13.4. The van der Waals surface area contributed by atoms with Gasteiger partial charge in [-0.25, -0.2) is 4.39 Å². The van der Waals surface area contributed by atoms with Gasteiger partial charge < -0.3 is 15.3 Å². The summed E-state index contributed by atoms with van der Waals surface area (Å²) in [5.74, 6) is 0.215. The molecule has 5 nitrogen and oxygen atoms in total. The average Bonchev–Trinajstić information content (AvgIpc) is 3.12. The molecule has 0 bridgehead atoms. The van der Waals surface area contributed by atoms with E-state index in [1.807, 2.05) is 11.8 Å². The summed E-state index contributed by atoms with van der Waals surface area (Å²) in [4.78, 5) is 7.83. The lowest BCUT2D eigenvalue weighted by atomic mass is 10.1. The molecule has 172 valence electrons.